The molecular formula is C30H36N2O4S. The van der Waals surface area contributed by atoms with E-state index in [9.17, 15) is 8.42 Å². The molecule has 0 bridgehead atoms. The van der Waals surface area contributed by atoms with Crippen molar-refractivity contribution >= 4 is 10.0 Å². The molecule has 0 spiro atoms. The number of sulfonamides is 1. The molecule has 0 N–H and O–H groups in total. The van der Waals surface area contributed by atoms with Crippen LogP contribution in [-0.4, -0.2) is 70.2 Å². The Morgan fingerprint density at radius 3 is 2.32 bits per heavy atom. The second kappa shape index (κ2) is 11.0. The maximum atomic E-state index is 13.7. The number of aryl methyl sites for hydroxylation is 1. The van der Waals surface area contributed by atoms with Crippen molar-refractivity contribution in [3.8, 4) is 16.9 Å². The molecule has 3 aromatic carbocycles. The molecular weight excluding hydrogens is 484 g/mol. The summed E-state index contributed by atoms with van der Waals surface area (Å²) in [4.78, 5) is 2.87. The Kier molecular flexibility index (Phi) is 7.67. The minimum absolute atomic E-state index is 0.108. The number of nitrogens with zero attached hydrogens (tertiary/aromatic N) is 2. The number of hydrogen-bond donors (Lipinski definition) is 0. The topological polar surface area (TPSA) is 59.1 Å². The number of benzene rings is 3. The van der Waals surface area contributed by atoms with Gasteiger partial charge in [-0.2, -0.15) is 4.31 Å². The lowest BCUT2D eigenvalue weighted by Crippen LogP contribution is -2.68. The Labute approximate surface area is 220 Å². The lowest BCUT2D eigenvalue weighted by atomic mass is 9.74. The highest BCUT2D eigenvalue weighted by Gasteiger charge is 2.50. The predicted molar refractivity (Wildman–Crippen MR) is 147 cm³/mol. The van der Waals surface area contributed by atoms with Gasteiger partial charge in [0.05, 0.1) is 18.6 Å². The molecule has 0 amide bonds. The zero-order valence-corrected chi connectivity index (χ0v) is 22.7. The number of methoxy groups -OCH3 is 2. The summed E-state index contributed by atoms with van der Waals surface area (Å²) >= 11 is 0. The van der Waals surface area contributed by atoms with Crippen LogP contribution in [0, 0.1) is 6.92 Å². The summed E-state index contributed by atoms with van der Waals surface area (Å²) in [6.45, 7) is 4.49. The van der Waals surface area contributed by atoms with Crippen LogP contribution in [0.4, 0.5) is 0 Å². The Balaban J connectivity index is 1.45. The Bertz CT molecular complexity index is 1330. The molecule has 2 aliphatic heterocycles. The fourth-order valence-corrected chi connectivity index (χ4v) is 7.75. The van der Waals surface area contributed by atoms with Crippen LogP contribution >= 0.6 is 0 Å². The molecule has 2 heterocycles. The summed E-state index contributed by atoms with van der Waals surface area (Å²) in [5.41, 5.74) is 4.16. The van der Waals surface area contributed by atoms with E-state index < -0.39 is 10.0 Å². The summed E-state index contributed by atoms with van der Waals surface area (Å²) in [6, 6.07) is 24.3. The number of hydrogen-bond acceptors (Lipinski definition) is 5. The molecule has 5 rings (SSSR count). The minimum Gasteiger partial charge on any atom is -0.496 e. The highest BCUT2D eigenvalue weighted by Crippen LogP contribution is 2.43. The van der Waals surface area contributed by atoms with Gasteiger partial charge in [-0.15, -0.1) is 0 Å². The van der Waals surface area contributed by atoms with Crippen LogP contribution < -0.4 is 4.74 Å². The molecule has 0 aliphatic carbocycles. The van der Waals surface area contributed by atoms with Gasteiger partial charge in [0.25, 0.3) is 0 Å². The minimum atomic E-state index is -3.58. The summed E-state index contributed by atoms with van der Waals surface area (Å²) in [5.74, 6) is 1.04. The van der Waals surface area contributed by atoms with E-state index in [0.29, 0.717) is 24.6 Å². The van der Waals surface area contributed by atoms with Gasteiger partial charge in [0, 0.05) is 43.8 Å². The zero-order valence-electron chi connectivity index (χ0n) is 21.8. The van der Waals surface area contributed by atoms with E-state index in [-0.39, 0.29) is 18.0 Å². The van der Waals surface area contributed by atoms with Gasteiger partial charge in [-0.1, -0.05) is 60.7 Å². The molecule has 37 heavy (non-hydrogen) atoms. The monoisotopic (exact) mass is 520 g/mol. The molecule has 2 fully saturated rings. The first-order valence-corrected chi connectivity index (χ1v) is 14.4. The van der Waals surface area contributed by atoms with Crippen LogP contribution in [0.3, 0.4) is 0 Å². The quantitative estimate of drug-likeness (QED) is 0.442. The Morgan fingerprint density at radius 1 is 0.892 bits per heavy atom. The van der Waals surface area contributed by atoms with Gasteiger partial charge in [0.15, 0.2) is 0 Å². The van der Waals surface area contributed by atoms with Crippen molar-refractivity contribution in [2.24, 2.45) is 0 Å². The number of ether oxygens (including phenoxy) is 2. The first kappa shape index (κ1) is 25.9. The highest BCUT2D eigenvalue weighted by molar-refractivity contribution is 7.89. The lowest BCUT2D eigenvalue weighted by molar-refractivity contribution is -0.0635. The largest absolute Gasteiger partial charge is 0.496 e. The van der Waals surface area contributed by atoms with Crippen LogP contribution in [0.25, 0.3) is 11.1 Å². The third kappa shape index (κ3) is 4.93. The van der Waals surface area contributed by atoms with E-state index in [2.05, 4.69) is 35.2 Å². The standard InChI is InChI=1S/C30H36N2O4S/c1-22-10-4-7-13-29(22)37(33,34)31-18-8-9-19-32-26(20-31)30(27(32)21-35-2)24-16-14-23(15-17-24)25-11-5-6-12-28(25)36-3/h4-7,10-17,26-27,30H,8-9,18-21H2,1-3H3/t26?,27-,30+/m1/s1. The summed E-state index contributed by atoms with van der Waals surface area (Å²) in [6.07, 6.45) is 1.82. The van der Waals surface area contributed by atoms with Crippen molar-refractivity contribution in [1.82, 2.24) is 9.21 Å². The summed E-state index contributed by atoms with van der Waals surface area (Å²) in [7, 11) is -0.143. The van der Waals surface area contributed by atoms with E-state index >= 15 is 0 Å². The fourth-order valence-electron chi connectivity index (χ4n) is 6.03. The third-order valence-corrected chi connectivity index (χ3v) is 9.93. The average Bonchev–Trinajstić information content (AvgIpc) is 2.90. The van der Waals surface area contributed by atoms with Gasteiger partial charge in [-0.05, 0) is 55.1 Å². The maximum Gasteiger partial charge on any atom is 0.243 e. The summed E-state index contributed by atoms with van der Waals surface area (Å²) in [5, 5.41) is 0. The smallest absolute Gasteiger partial charge is 0.243 e. The zero-order chi connectivity index (χ0) is 26.0. The van der Waals surface area contributed by atoms with E-state index in [1.54, 1.807) is 30.7 Å². The van der Waals surface area contributed by atoms with E-state index in [1.807, 2.05) is 37.3 Å². The molecule has 7 heteroatoms. The van der Waals surface area contributed by atoms with Crippen molar-refractivity contribution in [2.45, 2.75) is 42.7 Å². The maximum absolute atomic E-state index is 13.7. The second-order valence-electron chi connectivity index (χ2n) is 10.0. The molecule has 6 nitrogen and oxygen atoms in total. The van der Waals surface area contributed by atoms with Crippen molar-refractivity contribution < 1.29 is 17.9 Å². The highest BCUT2D eigenvalue weighted by atomic mass is 32.2. The van der Waals surface area contributed by atoms with E-state index in [0.717, 1.165) is 41.8 Å². The van der Waals surface area contributed by atoms with Crippen molar-refractivity contribution in [3.05, 3.63) is 83.9 Å². The number of para-hydroxylation sites is 1. The first-order valence-electron chi connectivity index (χ1n) is 13.0. The van der Waals surface area contributed by atoms with Gasteiger partial charge in [0.1, 0.15) is 5.75 Å². The molecule has 3 aromatic rings. The molecule has 0 saturated carbocycles. The molecule has 3 atom stereocenters. The number of rotatable bonds is 7. The molecule has 0 radical (unpaired) electrons. The summed E-state index contributed by atoms with van der Waals surface area (Å²) < 4.78 is 40.4. The van der Waals surface area contributed by atoms with Crippen LogP contribution in [0.1, 0.15) is 29.9 Å². The predicted octanol–water partition coefficient (Wildman–Crippen LogP) is 4.94. The van der Waals surface area contributed by atoms with Crippen LogP contribution in [-0.2, 0) is 14.8 Å². The van der Waals surface area contributed by atoms with Crippen LogP contribution in [0.2, 0.25) is 0 Å². The molecule has 196 valence electrons. The normalized spacial score (nSPS) is 22.9. The molecule has 1 unspecified atom stereocenters. The molecule has 2 aliphatic rings. The Hall–Kier alpha value is -2.71. The van der Waals surface area contributed by atoms with Crippen LogP contribution in [0.5, 0.6) is 5.75 Å². The van der Waals surface area contributed by atoms with Crippen LogP contribution in [0.15, 0.2) is 77.7 Å². The van der Waals surface area contributed by atoms with E-state index in [1.165, 1.54) is 5.56 Å². The van der Waals surface area contributed by atoms with Crippen molar-refractivity contribution in [1.29, 1.82) is 0 Å². The first-order chi connectivity index (χ1) is 18.0. The average molecular weight is 521 g/mol. The van der Waals surface area contributed by atoms with Crippen molar-refractivity contribution in [3.63, 3.8) is 0 Å². The second-order valence-corrected chi connectivity index (χ2v) is 11.9. The third-order valence-electron chi connectivity index (χ3n) is 7.91. The van der Waals surface area contributed by atoms with Crippen molar-refractivity contribution in [2.75, 3.05) is 40.5 Å². The Morgan fingerprint density at radius 2 is 1.59 bits per heavy atom. The van der Waals surface area contributed by atoms with Gasteiger partial charge < -0.3 is 9.47 Å². The van der Waals surface area contributed by atoms with Gasteiger partial charge in [-0.25, -0.2) is 8.42 Å². The van der Waals surface area contributed by atoms with Gasteiger partial charge in [0.2, 0.25) is 10.0 Å². The van der Waals surface area contributed by atoms with E-state index in [4.69, 9.17) is 9.47 Å². The molecule has 0 aromatic heterocycles. The fraction of sp³-hybridized carbons (Fsp3) is 0.400. The van der Waals surface area contributed by atoms with Gasteiger partial charge >= 0.3 is 0 Å². The molecule has 2 saturated heterocycles. The SMILES string of the molecule is COC[C@@H]1[C@@H](c2ccc(-c3ccccc3OC)cc2)C2CN(S(=O)(=O)c3ccccc3C)CCCCN21. The lowest BCUT2D eigenvalue weighted by Gasteiger charge is -2.57. The number of fused-ring (bicyclic) bond motifs is 1. The van der Waals surface area contributed by atoms with Gasteiger partial charge in [-0.3, -0.25) is 4.90 Å².